The molecule has 0 bridgehead atoms. The molecule has 0 amide bonds. The Morgan fingerprint density at radius 1 is 1.12 bits per heavy atom. The van der Waals surface area contributed by atoms with Crippen LogP contribution in [0.4, 0.5) is 14.7 Å². The smallest absolute Gasteiger partial charge is 0.225 e. The molecular formula is C18H15F2N3O2. The molecule has 1 fully saturated rings. The van der Waals surface area contributed by atoms with Crippen molar-refractivity contribution in [2.24, 2.45) is 0 Å². The minimum atomic E-state index is -0.874. The number of hydrogen-bond acceptors (Lipinski definition) is 5. The number of fused-ring (bicyclic) bond motifs is 1. The van der Waals surface area contributed by atoms with E-state index in [0.717, 1.165) is 32.0 Å². The predicted molar refractivity (Wildman–Crippen MR) is 87.6 cm³/mol. The molecule has 0 unspecified atom stereocenters. The molecule has 2 aliphatic rings. The summed E-state index contributed by atoms with van der Waals surface area (Å²) in [7, 11) is 0. The number of hydrogen-bond donors (Lipinski definition) is 0. The van der Waals surface area contributed by atoms with Gasteiger partial charge in [-0.1, -0.05) is 0 Å². The Kier molecular flexibility index (Phi) is 3.91. The second-order valence-corrected chi connectivity index (χ2v) is 6.06. The van der Waals surface area contributed by atoms with E-state index in [1.165, 1.54) is 0 Å². The lowest BCUT2D eigenvalue weighted by molar-refractivity contribution is 0.0997. The Hall–Kier alpha value is -2.83. The molecule has 4 rings (SSSR count). The molecule has 2 aromatic rings. The van der Waals surface area contributed by atoms with Gasteiger partial charge in [-0.15, -0.1) is 0 Å². The van der Waals surface area contributed by atoms with Crippen molar-refractivity contribution in [1.29, 1.82) is 0 Å². The predicted octanol–water partition coefficient (Wildman–Crippen LogP) is 3.01. The Balaban J connectivity index is 1.60. The maximum absolute atomic E-state index is 13.7. The number of carbonyl (C=O) groups excluding carboxylic acids is 1. The quantitative estimate of drug-likeness (QED) is 0.785. The molecule has 1 aromatic carbocycles. The summed E-state index contributed by atoms with van der Waals surface area (Å²) >= 11 is 0. The zero-order valence-corrected chi connectivity index (χ0v) is 13.3. The fraction of sp³-hybridized carbons (Fsp3) is 0.278. The van der Waals surface area contributed by atoms with E-state index in [4.69, 9.17) is 4.74 Å². The summed E-state index contributed by atoms with van der Waals surface area (Å²) in [6.07, 6.45) is 7.11. The topological polar surface area (TPSA) is 55.3 Å². The van der Waals surface area contributed by atoms with Crippen LogP contribution in [0.2, 0.25) is 0 Å². The number of nitrogens with zero attached hydrogens (tertiary/aromatic N) is 3. The van der Waals surface area contributed by atoms with Gasteiger partial charge in [-0.25, -0.2) is 18.7 Å². The number of carbonyl (C=O) groups is 1. The van der Waals surface area contributed by atoms with Crippen molar-refractivity contribution in [3.63, 3.8) is 0 Å². The largest absolute Gasteiger partial charge is 0.485 e. The number of anilines is 1. The van der Waals surface area contributed by atoms with Crippen molar-refractivity contribution in [1.82, 2.24) is 9.97 Å². The molecule has 7 heteroatoms. The van der Waals surface area contributed by atoms with Crippen molar-refractivity contribution < 1.29 is 18.3 Å². The van der Waals surface area contributed by atoms with Crippen LogP contribution < -0.4 is 9.64 Å². The Morgan fingerprint density at radius 2 is 1.84 bits per heavy atom. The van der Waals surface area contributed by atoms with Crippen LogP contribution in [0.25, 0.3) is 6.08 Å². The van der Waals surface area contributed by atoms with E-state index in [9.17, 15) is 13.6 Å². The van der Waals surface area contributed by atoms with Crippen molar-refractivity contribution in [3.05, 3.63) is 52.9 Å². The van der Waals surface area contributed by atoms with Gasteiger partial charge in [0.2, 0.25) is 5.95 Å². The lowest BCUT2D eigenvalue weighted by Crippen LogP contribution is -2.21. The summed E-state index contributed by atoms with van der Waals surface area (Å²) in [5, 5.41) is 0. The first kappa shape index (κ1) is 15.7. The highest BCUT2D eigenvalue weighted by Gasteiger charge is 2.27. The van der Waals surface area contributed by atoms with Crippen LogP contribution in [0.1, 0.15) is 28.8 Å². The molecule has 0 N–H and O–H groups in total. The van der Waals surface area contributed by atoms with Gasteiger partial charge in [0.25, 0.3) is 0 Å². The number of halogens is 2. The van der Waals surface area contributed by atoms with Gasteiger partial charge in [0.15, 0.2) is 17.3 Å². The molecule has 5 nitrogen and oxygen atoms in total. The standard InChI is InChI=1S/C18H15F2N3O2/c19-13-6-14-16(24)12(10-25-17(14)15(20)7-13)5-11-8-21-18(22-9-11)23-3-1-2-4-23/h5-9H,1-4,10H2. The third-order valence-corrected chi connectivity index (χ3v) is 4.30. The van der Waals surface area contributed by atoms with E-state index in [2.05, 4.69) is 14.9 Å². The normalized spacial score (nSPS) is 18.4. The molecule has 3 heterocycles. The Labute approximate surface area is 143 Å². The van der Waals surface area contributed by atoms with Crippen molar-refractivity contribution in [3.8, 4) is 5.75 Å². The number of benzene rings is 1. The molecule has 0 radical (unpaired) electrons. The Bertz CT molecular complexity index is 859. The van der Waals surface area contributed by atoms with Gasteiger partial charge in [0.05, 0.1) is 5.56 Å². The maximum atomic E-state index is 13.7. The van der Waals surface area contributed by atoms with Crippen molar-refractivity contribution in [2.75, 3.05) is 24.6 Å². The van der Waals surface area contributed by atoms with E-state index < -0.39 is 17.4 Å². The molecule has 1 aromatic heterocycles. The summed E-state index contributed by atoms with van der Waals surface area (Å²) in [4.78, 5) is 23.2. The molecule has 128 valence electrons. The minimum Gasteiger partial charge on any atom is -0.485 e. The monoisotopic (exact) mass is 343 g/mol. The number of aromatic nitrogens is 2. The summed E-state index contributed by atoms with van der Waals surface area (Å²) in [6, 6.07) is 1.69. The third kappa shape index (κ3) is 2.97. The molecule has 1 saturated heterocycles. The fourth-order valence-electron chi connectivity index (χ4n) is 3.06. The van der Waals surface area contributed by atoms with E-state index in [-0.39, 0.29) is 17.9 Å². The van der Waals surface area contributed by atoms with E-state index >= 15 is 0 Å². The van der Waals surface area contributed by atoms with Gasteiger partial charge in [-0.2, -0.15) is 0 Å². The average Bonchev–Trinajstić information content (AvgIpc) is 3.13. The lowest BCUT2D eigenvalue weighted by Gasteiger charge is -2.19. The minimum absolute atomic E-state index is 0.0811. The van der Waals surface area contributed by atoms with Crippen LogP contribution in [0.3, 0.4) is 0 Å². The first-order valence-corrected chi connectivity index (χ1v) is 8.06. The highest BCUT2D eigenvalue weighted by atomic mass is 19.1. The van der Waals surface area contributed by atoms with Gasteiger partial charge in [-0.05, 0) is 25.0 Å². The second-order valence-electron chi connectivity index (χ2n) is 6.06. The summed E-state index contributed by atoms with van der Waals surface area (Å²) in [5.41, 5.74) is 0.829. The molecule has 0 spiro atoms. The molecule has 0 saturated carbocycles. The Morgan fingerprint density at radius 3 is 2.56 bits per heavy atom. The van der Waals surface area contributed by atoms with E-state index in [1.54, 1.807) is 18.5 Å². The molecule has 0 aliphatic carbocycles. The summed E-state index contributed by atoms with van der Waals surface area (Å²) < 4.78 is 32.4. The van der Waals surface area contributed by atoms with Crippen molar-refractivity contribution >= 4 is 17.8 Å². The first-order valence-electron chi connectivity index (χ1n) is 8.06. The van der Waals surface area contributed by atoms with Gasteiger partial charge in [-0.3, -0.25) is 4.79 Å². The molecular weight excluding hydrogens is 328 g/mol. The third-order valence-electron chi connectivity index (χ3n) is 4.30. The van der Waals surface area contributed by atoms with Crippen LogP contribution in [0, 0.1) is 11.6 Å². The second kappa shape index (κ2) is 6.23. The zero-order valence-electron chi connectivity index (χ0n) is 13.3. The molecule has 0 atom stereocenters. The van der Waals surface area contributed by atoms with E-state index in [1.807, 2.05) is 0 Å². The number of ketones is 1. The number of ether oxygens (including phenoxy) is 1. The highest BCUT2D eigenvalue weighted by molar-refractivity contribution is 6.14. The van der Waals surface area contributed by atoms with E-state index in [0.29, 0.717) is 23.2 Å². The molecule has 25 heavy (non-hydrogen) atoms. The SMILES string of the molecule is O=C1C(=Cc2cnc(N3CCCC3)nc2)COc2c(F)cc(F)cc21. The van der Waals surface area contributed by atoms with Gasteiger partial charge in [0.1, 0.15) is 12.4 Å². The maximum Gasteiger partial charge on any atom is 0.225 e. The van der Waals surface area contributed by atoms with Crippen LogP contribution in [-0.2, 0) is 0 Å². The first-order chi connectivity index (χ1) is 12.1. The number of Topliss-reactive ketones (excluding diaryl/α,β-unsaturated/α-hetero) is 1. The lowest BCUT2D eigenvalue weighted by atomic mass is 9.98. The van der Waals surface area contributed by atoms with Crippen LogP contribution in [0.5, 0.6) is 5.75 Å². The van der Waals surface area contributed by atoms with Gasteiger partial charge >= 0.3 is 0 Å². The van der Waals surface area contributed by atoms with Gasteiger partial charge in [0, 0.05) is 42.7 Å². The number of rotatable bonds is 2. The highest BCUT2D eigenvalue weighted by Crippen LogP contribution is 2.31. The summed E-state index contributed by atoms with van der Waals surface area (Å²) in [6.45, 7) is 1.81. The summed E-state index contributed by atoms with van der Waals surface area (Å²) in [5.74, 6) is -1.68. The molecule has 2 aliphatic heterocycles. The van der Waals surface area contributed by atoms with Crippen molar-refractivity contribution in [2.45, 2.75) is 12.8 Å². The fourth-order valence-corrected chi connectivity index (χ4v) is 3.06. The zero-order chi connectivity index (χ0) is 17.4. The van der Waals surface area contributed by atoms with Crippen LogP contribution in [-0.4, -0.2) is 35.4 Å². The van der Waals surface area contributed by atoms with Crippen LogP contribution >= 0.6 is 0 Å². The average molecular weight is 343 g/mol. The van der Waals surface area contributed by atoms with Crippen LogP contribution in [0.15, 0.2) is 30.1 Å². The van der Waals surface area contributed by atoms with Gasteiger partial charge < -0.3 is 9.64 Å².